The van der Waals surface area contributed by atoms with Crippen molar-refractivity contribution in [3.05, 3.63) is 76.7 Å². The molecule has 0 saturated carbocycles. The van der Waals surface area contributed by atoms with Gasteiger partial charge >= 0.3 is 6.18 Å². The molecule has 2 aliphatic heterocycles. The van der Waals surface area contributed by atoms with Gasteiger partial charge in [0, 0.05) is 5.69 Å². The van der Waals surface area contributed by atoms with Crippen molar-refractivity contribution in [1.82, 2.24) is 0 Å². The number of nitrogens with zero attached hydrogens (tertiary/aromatic N) is 1. The fraction of sp³-hybridized carbons (Fsp3) is 0.292. The maximum atomic E-state index is 14.0. The Labute approximate surface area is 182 Å². The van der Waals surface area contributed by atoms with Crippen molar-refractivity contribution in [2.75, 3.05) is 11.7 Å². The Bertz CT molecular complexity index is 1220. The van der Waals surface area contributed by atoms with Crippen molar-refractivity contribution >= 4 is 11.6 Å². The SMILES string of the molecule is CC[C@]1(c2cc3c(cc2C)OCO3)C(=O)N(Cc2ccc(C(F)(F)F)o2)c2ccccc21. The molecule has 0 saturated heterocycles. The third kappa shape index (κ3) is 2.89. The van der Waals surface area contributed by atoms with Crippen LogP contribution in [0, 0.1) is 6.92 Å². The molecule has 1 aromatic heterocycles. The van der Waals surface area contributed by atoms with Crippen LogP contribution in [0.2, 0.25) is 0 Å². The molecule has 0 aliphatic carbocycles. The highest BCUT2D eigenvalue weighted by atomic mass is 19.4. The lowest BCUT2D eigenvalue weighted by atomic mass is 9.71. The van der Waals surface area contributed by atoms with Crippen molar-refractivity contribution in [3.8, 4) is 11.5 Å². The number of carbonyl (C=O) groups is 1. The number of alkyl halides is 3. The first-order valence-electron chi connectivity index (χ1n) is 10.2. The Hall–Kier alpha value is -3.42. The summed E-state index contributed by atoms with van der Waals surface area (Å²) in [6.45, 7) is 3.86. The Morgan fingerprint density at radius 1 is 1.03 bits per heavy atom. The number of anilines is 1. The number of fused-ring (bicyclic) bond motifs is 2. The highest BCUT2D eigenvalue weighted by Crippen LogP contribution is 2.51. The highest BCUT2D eigenvalue weighted by molar-refractivity contribution is 6.10. The van der Waals surface area contributed by atoms with Gasteiger partial charge in [-0.05, 0) is 60.4 Å². The van der Waals surface area contributed by atoms with E-state index in [4.69, 9.17) is 13.9 Å². The second-order valence-electron chi connectivity index (χ2n) is 7.95. The van der Waals surface area contributed by atoms with E-state index in [1.165, 1.54) is 11.0 Å². The Kier molecular flexibility index (Phi) is 4.51. The van der Waals surface area contributed by atoms with Crippen molar-refractivity contribution in [2.45, 2.75) is 38.4 Å². The van der Waals surface area contributed by atoms with E-state index in [0.29, 0.717) is 23.6 Å². The summed E-state index contributed by atoms with van der Waals surface area (Å²) >= 11 is 0. The zero-order valence-electron chi connectivity index (χ0n) is 17.5. The molecule has 0 unspecified atom stereocenters. The smallest absolute Gasteiger partial charge is 0.449 e. The molecule has 8 heteroatoms. The number of furan rings is 1. The average molecular weight is 443 g/mol. The topological polar surface area (TPSA) is 51.9 Å². The summed E-state index contributed by atoms with van der Waals surface area (Å²) in [5.41, 5.74) is 2.12. The molecule has 166 valence electrons. The molecular weight excluding hydrogens is 423 g/mol. The second-order valence-corrected chi connectivity index (χ2v) is 7.95. The number of halogens is 3. The molecule has 1 atom stereocenters. The van der Waals surface area contributed by atoms with Crippen LogP contribution in [0.1, 0.15) is 41.6 Å². The molecule has 3 aromatic rings. The van der Waals surface area contributed by atoms with Crippen molar-refractivity contribution in [3.63, 3.8) is 0 Å². The maximum Gasteiger partial charge on any atom is 0.449 e. The van der Waals surface area contributed by atoms with Crippen LogP contribution < -0.4 is 14.4 Å². The van der Waals surface area contributed by atoms with Gasteiger partial charge in [0.25, 0.3) is 0 Å². The molecule has 5 nitrogen and oxygen atoms in total. The molecule has 2 aromatic carbocycles. The molecule has 1 amide bonds. The minimum atomic E-state index is -4.58. The van der Waals surface area contributed by atoms with Crippen LogP contribution in [0.3, 0.4) is 0 Å². The summed E-state index contributed by atoms with van der Waals surface area (Å²) < 4.78 is 55.0. The summed E-state index contributed by atoms with van der Waals surface area (Å²) in [5.74, 6) is -0.0323. The predicted molar refractivity (Wildman–Crippen MR) is 110 cm³/mol. The first kappa shape index (κ1) is 20.5. The fourth-order valence-corrected chi connectivity index (χ4v) is 4.75. The van der Waals surface area contributed by atoms with E-state index in [1.807, 2.05) is 38.1 Å². The van der Waals surface area contributed by atoms with Gasteiger partial charge in [-0.3, -0.25) is 4.79 Å². The van der Waals surface area contributed by atoms with E-state index in [1.54, 1.807) is 12.1 Å². The number of ether oxygens (including phenoxy) is 2. The lowest BCUT2D eigenvalue weighted by Gasteiger charge is -2.30. The van der Waals surface area contributed by atoms with Gasteiger partial charge in [-0.2, -0.15) is 13.2 Å². The van der Waals surface area contributed by atoms with Crippen LogP contribution >= 0.6 is 0 Å². The van der Waals surface area contributed by atoms with E-state index in [-0.39, 0.29) is 25.0 Å². The van der Waals surface area contributed by atoms with Gasteiger partial charge in [0.2, 0.25) is 18.5 Å². The predicted octanol–water partition coefficient (Wildman–Crippen LogP) is 5.58. The van der Waals surface area contributed by atoms with Gasteiger partial charge < -0.3 is 18.8 Å². The quantitative estimate of drug-likeness (QED) is 0.528. The van der Waals surface area contributed by atoms with Gasteiger partial charge in [0.15, 0.2) is 11.5 Å². The average Bonchev–Trinajstić information content (AvgIpc) is 3.46. The molecule has 0 spiro atoms. The van der Waals surface area contributed by atoms with Gasteiger partial charge in [0.05, 0.1) is 6.54 Å². The lowest BCUT2D eigenvalue weighted by Crippen LogP contribution is -2.41. The van der Waals surface area contributed by atoms with E-state index >= 15 is 0 Å². The van der Waals surface area contributed by atoms with Crippen LogP contribution in [0.15, 0.2) is 52.9 Å². The number of rotatable bonds is 4. The normalized spacial score (nSPS) is 19.5. The second kappa shape index (κ2) is 7.05. The largest absolute Gasteiger partial charge is 0.455 e. The highest BCUT2D eigenvalue weighted by Gasteiger charge is 2.52. The minimum absolute atomic E-state index is 0.0646. The molecule has 0 N–H and O–H groups in total. The van der Waals surface area contributed by atoms with Crippen LogP contribution in [0.4, 0.5) is 18.9 Å². The summed E-state index contributed by atoms with van der Waals surface area (Å²) in [4.78, 5) is 15.5. The summed E-state index contributed by atoms with van der Waals surface area (Å²) in [6, 6.07) is 13.2. The standard InChI is InChI=1S/C24H20F3NO4/c1-3-23(17-11-20-19(10-14(17)2)30-13-31-20)16-6-4-5-7-18(16)28(22(23)29)12-15-8-9-21(32-15)24(25,26)27/h4-11H,3,12-13H2,1-2H3/t23-/m0/s1. The number of carbonyl (C=O) groups excluding carboxylic acids is 1. The monoisotopic (exact) mass is 443 g/mol. The first-order chi connectivity index (χ1) is 15.3. The summed E-state index contributed by atoms with van der Waals surface area (Å²) in [5, 5.41) is 0. The molecule has 5 rings (SSSR count). The van der Waals surface area contributed by atoms with Crippen LogP contribution in [-0.2, 0) is 22.9 Å². The Morgan fingerprint density at radius 2 is 1.75 bits per heavy atom. The Morgan fingerprint density at radius 3 is 2.44 bits per heavy atom. The fourth-order valence-electron chi connectivity index (χ4n) is 4.75. The zero-order valence-corrected chi connectivity index (χ0v) is 17.5. The van der Waals surface area contributed by atoms with Crippen LogP contribution in [-0.4, -0.2) is 12.7 Å². The number of aryl methyl sites for hydroxylation is 1. The van der Waals surface area contributed by atoms with Crippen LogP contribution in [0.25, 0.3) is 0 Å². The number of para-hydroxylation sites is 1. The van der Waals surface area contributed by atoms with Crippen molar-refractivity contribution in [1.29, 1.82) is 0 Å². The molecule has 0 fully saturated rings. The number of benzene rings is 2. The maximum absolute atomic E-state index is 14.0. The molecular formula is C24H20F3NO4. The minimum Gasteiger partial charge on any atom is -0.455 e. The van der Waals surface area contributed by atoms with Gasteiger partial charge in [-0.1, -0.05) is 25.1 Å². The summed E-state index contributed by atoms with van der Waals surface area (Å²) in [7, 11) is 0. The first-order valence-corrected chi connectivity index (χ1v) is 10.2. The zero-order chi connectivity index (χ0) is 22.7. The van der Waals surface area contributed by atoms with Crippen LogP contribution in [0.5, 0.6) is 11.5 Å². The third-order valence-corrected chi connectivity index (χ3v) is 6.23. The lowest BCUT2D eigenvalue weighted by molar-refractivity contribution is -0.153. The number of hydrogen-bond donors (Lipinski definition) is 0. The van der Waals surface area contributed by atoms with Gasteiger partial charge in [-0.15, -0.1) is 0 Å². The van der Waals surface area contributed by atoms with Crippen molar-refractivity contribution < 1.29 is 31.9 Å². The van der Waals surface area contributed by atoms with E-state index in [0.717, 1.165) is 22.8 Å². The summed E-state index contributed by atoms with van der Waals surface area (Å²) in [6.07, 6.45) is -4.12. The van der Waals surface area contributed by atoms with Crippen molar-refractivity contribution in [2.24, 2.45) is 0 Å². The molecule has 0 radical (unpaired) electrons. The number of amides is 1. The van der Waals surface area contributed by atoms with E-state index in [9.17, 15) is 18.0 Å². The van der Waals surface area contributed by atoms with Gasteiger partial charge in [0.1, 0.15) is 11.2 Å². The van der Waals surface area contributed by atoms with E-state index < -0.39 is 17.4 Å². The molecule has 2 aliphatic rings. The van der Waals surface area contributed by atoms with Gasteiger partial charge in [-0.25, -0.2) is 0 Å². The molecule has 32 heavy (non-hydrogen) atoms. The molecule has 3 heterocycles. The number of hydrogen-bond acceptors (Lipinski definition) is 4. The Balaban J connectivity index is 1.62. The van der Waals surface area contributed by atoms with E-state index in [2.05, 4.69) is 0 Å². The third-order valence-electron chi connectivity index (χ3n) is 6.23. The molecule has 0 bridgehead atoms.